The third kappa shape index (κ3) is 4.82. The highest BCUT2D eigenvalue weighted by atomic mass is 19.1. The summed E-state index contributed by atoms with van der Waals surface area (Å²) in [4.78, 5) is 13.8. The Hall–Kier alpha value is -2.87. The molecule has 0 saturated carbocycles. The van der Waals surface area contributed by atoms with Gasteiger partial charge in [-0.2, -0.15) is 5.26 Å². The van der Waals surface area contributed by atoms with Gasteiger partial charge in [0.25, 0.3) is 5.91 Å². The van der Waals surface area contributed by atoms with Crippen LogP contribution in [0.5, 0.6) is 5.75 Å². The molecule has 0 aromatic heterocycles. The number of carbonyl (C=O) groups excluding carboxylic acids is 1. The van der Waals surface area contributed by atoms with Crippen LogP contribution < -0.4 is 4.74 Å². The van der Waals surface area contributed by atoms with Gasteiger partial charge in [0, 0.05) is 13.1 Å². The quantitative estimate of drug-likeness (QED) is 0.823. The molecule has 0 saturated heterocycles. The van der Waals surface area contributed by atoms with Crippen LogP contribution in [0.25, 0.3) is 0 Å². The van der Waals surface area contributed by atoms with E-state index >= 15 is 0 Å². The van der Waals surface area contributed by atoms with Gasteiger partial charge >= 0.3 is 0 Å². The van der Waals surface area contributed by atoms with E-state index in [0.717, 1.165) is 5.56 Å². The number of amides is 1. The molecule has 0 spiro atoms. The molecule has 0 aliphatic rings. The Kier molecular flexibility index (Phi) is 5.70. The molecule has 0 aliphatic carbocycles. The third-order valence-corrected chi connectivity index (χ3v) is 3.34. The molecule has 0 unspecified atom stereocenters. The molecule has 0 radical (unpaired) electrons. The lowest BCUT2D eigenvalue weighted by Gasteiger charge is -2.21. The summed E-state index contributed by atoms with van der Waals surface area (Å²) in [5.41, 5.74) is 1.27. The Morgan fingerprint density at radius 2 is 2.00 bits per heavy atom. The van der Waals surface area contributed by atoms with Crippen molar-refractivity contribution in [3.63, 3.8) is 0 Å². The molecule has 23 heavy (non-hydrogen) atoms. The molecule has 2 aromatic carbocycles. The van der Waals surface area contributed by atoms with E-state index < -0.39 is 0 Å². The number of halogens is 1. The summed E-state index contributed by atoms with van der Waals surface area (Å²) in [6, 6.07) is 14.8. The van der Waals surface area contributed by atoms with E-state index in [1.54, 1.807) is 41.3 Å². The van der Waals surface area contributed by atoms with Crippen molar-refractivity contribution in [3.05, 3.63) is 65.5 Å². The Labute approximate surface area is 134 Å². The predicted molar refractivity (Wildman–Crippen MR) is 84.1 cm³/mol. The van der Waals surface area contributed by atoms with Gasteiger partial charge in [-0.05, 0) is 48.9 Å². The lowest BCUT2D eigenvalue weighted by molar-refractivity contribution is -0.133. The Morgan fingerprint density at radius 1 is 1.26 bits per heavy atom. The zero-order valence-electron chi connectivity index (χ0n) is 12.8. The van der Waals surface area contributed by atoms with Crippen LogP contribution in [0.4, 0.5) is 4.39 Å². The number of hydrogen-bond acceptors (Lipinski definition) is 3. The molecule has 2 aromatic rings. The summed E-state index contributed by atoms with van der Waals surface area (Å²) in [6.07, 6.45) is 0. The highest BCUT2D eigenvalue weighted by molar-refractivity contribution is 5.77. The number of nitrogens with zero attached hydrogens (tertiary/aromatic N) is 2. The number of ether oxygens (including phenoxy) is 1. The summed E-state index contributed by atoms with van der Waals surface area (Å²) in [5, 5.41) is 8.73. The molecule has 2 rings (SSSR count). The van der Waals surface area contributed by atoms with Gasteiger partial charge in [-0.3, -0.25) is 4.79 Å². The van der Waals surface area contributed by atoms with Crippen LogP contribution in [0.2, 0.25) is 0 Å². The Balaban J connectivity index is 1.93. The lowest BCUT2D eigenvalue weighted by Crippen LogP contribution is -2.34. The van der Waals surface area contributed by atoms with Crippen LogP contribution in [0.3, 0.4) is 0 Å². The second-order valence-electron chi connectivity index (χ2n) is 4.96. The molecule has 0 atom stereocenters. The standard InChI is InChI=1S/C18H17FN2O2/c1-2-21(12-15-4-3-5-16(19)10-15)18(22)13-23-17-8-6-14(11-20)7-9-17/h3-10H,2,12-13H2,1H3. The van der Waals surface area contributed by atoms with E-state index in [9.17, 15) is 9.18 Å². The van der Waals surface area contributed by atoms with Crippen LogP contribution in [0.1, 0.15) is 18.1 Å². The van der Waals surface area contributed by atoms with Crippen molar-refractivity contribution in [1.82, 2.24) is 4.90 Å². The third-order valence-electron chi connectivity index (χ3n) is 3.34. The van der Waals surface area contributed by atoms with Crippen LogP contribution in [-0.4, -0.2) is 24.0 Å². The normalized spacial score (nSPS) is 9.96. The molecular weight excluding hydrogens is 295 g/mol. The van der Waals surface area contributed by atoms with Gasteiger partial charge in [0.05, 0.1) is 11.6 Å². The second-order valence-corrected chi connectivity index (χ2v) is 4.96. The Morgan fingerprint density at radius 3 is 2.61 bits per heavy atom. The number of benzene rings is 2. The summed E-state index contributed by atoms with van der Waals surface area (Å²) >= 11 is 0. The van der Waals surface area contributed by atoms with Gasteiger partial charge in [0.15, 0.2) is 6.61 Å². The maximum Gasteiger partial charge on any atom is 0.260 e. The summed E-state index contributed by atoms with van der Waals surface area (Å²) in [6.45, 7) is 2.60. The molecule has 0 heterocycles. The van der Waals surface area contributed by atoms with Crippen molar-refractivity contribution < 1.29 is 13.9 Å². The fraction of sp³-hybridized carbons (Fsp3) is 0.222. The molecule has 0 aliphatic heterocycles. The SMILES string of the molecule is CCN(Cc1cccc(F)c1)C(=O)COc1ccc(C#N)cc1. The van der Waals surface area contributed by atoms with Gasteiger partial charge in [-0.15, -0.1) is 0 Å². The summed E-state index contributed by atoms with van der Waals surface area (Å²) in [7, 11) is 0. The molecular formula is C18H17FN2O2. The number of hydrogen-bond donors (Lipinski definition) is 0. The van der Waals surface area contributed by atoms with Gasteiger partial charge < -0.3 is 9.64 Å². The molecule has 4 nitrogen and oxygen atoms in total. The molecule has 1 amide bonds. The van der Waals surface area contributed by atoms with E-state index in [1.165, 1.54) is 12.1 Å². The molecule has 0 fully saturated rings. The fourth-order valence-electron chi connectivity index (χ4n) is 2.09. The van der Waals surface area contributed by atoms with Gasteiger partial charge in [-0.25, -0.2) is 4.39 Å². The van der Waals surface area contributed by atoms with Crippen molar-refractivity contribution in [2.75, 3.05) is 13.2 Å². The monoisotopic (exact) mass is 312 g/mol. The first-order valence-electron chi connectivity index (χ1n) is 7.27. The topological polar surface area (TPSA) is 53.3 Å². The van der Waals surface area contributed by atoms with Crippen molar-refractivity contribution in [1.29, 1.82) is 5.26 Å². The van der Waals surface area contributed by atoms with Crippen LogP contribution >= 0.6 is 0 Å². The summed E-state index contributed by atoms with van der Waals surface area (Å²) < 4.78 is 18.6. The van der Waals surface area contributed by atoms with Gasteiger partial charge in [-0.1, -0.05) is 12.1 Å². The molecule has 118 valence electrons. The largest absolute Gasteiger partial charge is 0.484 e. The number of carbonyl (C=O) groups is 1. The van der Waals surface area contributed by atoms with Gasteiger partial charge in [0.2, 0.25) is 0 Å². The average Bonchev–Trinajstić information content (AvgIpc) is 2.58. The average molecular weight is 312 g/mol. The summed E-state index contributed by atoms with van der Waals surface area (Å²) in [5.74, 6) is 0.0279. The maximum atomic E-state index is 13.2. The first kappa shape index (κ1) is 16.5. The zero-order valence-corrected chi connectivity index (χ0v) is 12.8. The zero-order chi connectivity index (χ0) is 16.7. The van der Waals surface area contributed by atoms with Crippen molar-refractivity contribution in [3.8, 4) is 11.8 Å². The predicted octanol–water partition coefficient (Wildman–Crippen LogP) is 3.12. The lowest BCUT2D eigenvalue weighted by atomic mass is 10.2. The minimum atomic E-state index is -0.320. The molecule has 5 heteroatoms. The number of rotatable bonds is 6. The minimum absolute atomic E-state index is 0.102. The Bertz CT molecular complexity index is 708. The maximum absolute atomic E-state index is 13.2. The van der Waals surface area contributed by atoms with E-state index in [0.29, 0.717) is 24.4 Å². The van der Waals surface area contributed by atoms with Gasteiger partial charge in [0.1, 0.15) is 11.6 Å². The fourth-order valence-corrected chi connectivity index (χ4v) is 2.09. The highest BCUT2D eigenvalue weighted by Gasteiger charge is 2.13. The highest BCUT2D eigenvalue weighted by Crippen LogP contribution is 2.12. The van der Waals surface area contributed by atoms with Crippen LogP contribution in [-0.2, 0) is 11.3 Å². The van der Waals surface area contributed by atoms with E-state index in [4.69, 9.17) is 10.00 Å². The number of nitriles is 1. The van der Waals surface area contributed by atoms with E-state index in [-0.39, 0.29) is 18.3 Å². The van der Waals surface area contributed by atoms with Crippen LogP contribution in [0, 0.1) is 17.1 Å². The second kappa shape index (κ2) is 7.95. The van der Waals surface area contributed by atoms with Crippen LogP contribution in [0.15, 0.2) is 48.5 Å². The smallest absolute Gasteiger partial charge is 0.260 e. The van der Waals surface area contributed by atoms with E-state index in [1.807, 2.05) is 13.0 Å². The first-order chi connectivity index (χ1) is 11.1. The number of likely N-dealkylation sites (N-methyl/N-ethyl adjacent to an activating group) is 1. The molecule has 0 bridgehead atoms. The van der Waals surface area contributed by atoms with Crippen molar-refractivity contribution in [2.45, 2.75) is 13.5 Å². The van der Waals surface area contributed by atoms with E-state index in [2.05, 4.69) is 0 Å². The van der Waals surface area contributed by atoms with Crippen molar-refractivity contribution in [2.24, 2.45) is 0 Å². The first-order valence-corrected chi connectivity index (χ1v) is 7.27. The van der Waals surface area contributed by atoms with Crippen molar-refractivity contribution >= 4 is 5.91 Å². The molecule has 0 N–H and O–H groups in total. The minimum Gasteiger partial charge on any atom is -0.484 e.